The van der Waals surface area contributed by atoms with Gasteiger partial charge < -0.3 is 15.7 Å². The number of halogens is 1. The molecule has 0 heterocycles. The summed E-state index contributed by atoms with van der Waals surface area (Å²) < 4.78 is 0. The summed E-state index contributed by atoms with van der Waals surface area (Å²) in [5.74, 6) is -0.150. The molecule has 1 amide bonds. The van der Waals surface area contributed by atoms with Gasteiger partial charge in [-0.1, -0.05) is 42.8 Å². The van der Waals surface area contributed by atoms with E-state index >= 15 is 0 Å². The van der Waals surface area contributed by atoms with Crippen molar-refractivity contribution in [1.29, 1.82) is 0 Å². The zero-order valence-corrected chi connectivity index (χ0v) is 13.9. The van der Waals surface area contributed by atoms with Crippen LogP contribution in [-0.4, -0.2) is 17.6 Å². The van der Waals surface area contributed by atoms with Gasteiger partial charge in [-0.05, 0) is 35.7 Å². The molecule has 0 spiro atoms. The molecule has 122 valence electrons. The van der Waals surface area contributed by atoms with Crippen molar-refractivity contribution in [3.8, 4) is 0 Å². The molecule has 0 unspecified atom stereocenters. The Balaban J connectivity index is 1.98. The molecule has 5 heteroatoms. The number of hydrogen-bond acceptors (Lipinski definition) is 3. The van der Waals surface area contributed by atoms with Crippen molar-refractivity contribution < 1.29 is 9.90 Å². The van der Waals surface area contributed by atoms with Crippen molar-refractivity contribution in [1.82, 2.24) is 5.32 Å². The fourth-order valence-corrected chi connectivity index (χ4v) is 2.38. The van der Waals surface area contributed by atoms with Crippen LogP contribution in [0.15, 0.2) is 42.5 Å². The number of rotatable bonds is 7. The van der Waals surface area contributed by atoms with E-state index in [1.807, 2.05) is 37.3 Å². The average Bonchev–Trinajstić information content (AvgIpc) is 2.58. The fourth-order valence-electron chi connectivity index (χ4n) is 2.11. The Kier molecular flexibility index (Phi) is 6.44. The summed E-state index contributed by atoms with van der Waals surface area (Å²) in [6.07, 6.45) is 0.887. The normalized spacial score (nSPS) is 10.4. The van der Waals surface area contributed by atoms with Crippen LogP contribution in [0.4, 0.5) is 5.69 Å². The maximum absolute atomic E-state index is 11.9. The van der Waals surface area contributed by atoms with E-state index in [2.05, 4.69) is 10.6 Å². The van der Waals surface area contributed by atoms with Crippen molar-refractivity contribution in [2.24, 2.45) is 0 Å². The Morgan fingerprint density at radius 2 is 1.83 bits per heavy atom. The van der Waals surface area contributed by atoms with Gasteiger partial charge in [0.1, 0.15) is 0 Å². The number of hydrogen-bond donors (Lipinski definition) is 3. The summed E-state index contributed by atoms with van der Waals surface area (Å²) in [5.41, 5.74) is 3.33. The lowest BCUT2D eigenvalue weighted by atomic mass is 10.1. The minimum absolute atomic E-state index is 0.0465. The molecule has 2 aromatic rings. The van der Waals surface area contributed by atoms with E-state index in [0.717, 1.165) is 23.2 Å². The molecule has 0 aliphatic rings. The van der Waals surface area contributed by atoms with E-state index in [9.17, 15) is 4.79 Å². The van der Waals surface area contributed by atoms with Crippen molar-refractivity contribution in [3.05, 3.63) is 64.2 Å². The number of benzene rings is 2. The summed E-state index contributed by atoms with van der Waals surface area (Å²) in [6.45, 7) is 3.33. The average molecular weight is 333 g/mol. The molecule has 0 bridgehead atoms. The minimum atomic E-state index is -0.150. The molecular weight excluding hydrogens is 312 g/mol. The summed E-state index contributed by atoms with van der Waals surface area (Å²) >= 11 is 6.20. The highest BCUT2D eigenvalue weighted by Crippen LogP contribution is 2.21. The van der Waals surface area contributed by atoms with E-state index in [1.54, 1.807) is 12.1 Å². The predicted octanol–water partition coefficient (Wildman–Crippen LogP) is 3.58. The van der Waals surface area contributed by atoms with E-state index in [1.165, 1.54) is 0 Å². The lowest BCUT2D eigenvalue weighted by Crippen LogP contribution is -2.24. The largest absolute Gasteiger partial charge is 0.392 e. The number of aliphatic hydroxyl groups excluding tert-OH is 1. The molecule has 2 rings (SSSR count). The zero-order chi connectivity index (χ0) is 16.7. The van der Waals surface area contributed by atoms with Gasteiger partial charge in [0.05, 0.1) is 17.2 Å². The van der Waals surface area contributed by atoms with Crippen LogP contribution in [0.25, 0.3) is 0 Å². The standard InChI is InChI=1S/C18H21ClN2O2/c1-2-9-20-18(23)16-8-7-15(10-17(16)19)21-11-13-3-5-14(12-22)6-4-13/h3-8,10,21-22H,2,9,11-12H2,1H3,(H,20,23). The maximum atomic E-state index is 11.9. The van der Waals surface area contributed by atoms with Gasteiger partial charge >= 0.3 is 0 Å². The van der Waals surface area contributed by atoms with Crippen LogP contribution in [0, 0.1) is 0 Å². The molecule has 0 atom stereocenters. The molecule has 3 N–H and O–H groups in total. The van der Waals surface area contributed by atoms with Crippen LogP contribution in [-0.2, 0) is 13.2 Å². The van der Waals surface area contributed by atoms with Gasteiger partial charge in [0.2, 0.25) is 0 Å². The Morgan fingerprint density at radius 3 is 2.43 bits per heavy atom. The second kappa shape index (κ2) is 8.56. The molecule has 0 aromatic heterocycles. The molecular formula is C18H21ClN2O2. The maximum Gasteiger partial charge on any atom is 0.252 e. The second-order valence-corrected chi connectivity index (χ2v) is 5.69. The predicted molar refractivity (Wildman–Crippen MR) is 93.8 cm³/mol. The van der Waals surface area contributed by atoms with Crippen LogP contribution >= 0.6 is 11.6 Å². The number of amides is 1. The zero-order valence-electron chi connectivity index (χ0n) is 13.1. The van der Waals surface area contributed by atoms with Gasteiger partial charge in [-0.2, -0.15) is 0 Å². The molecule has 0 aliphatic carbocycles. The highest BCUT2D eigenvalue weighted by atomic mass is 35.5. The van der Waals surface area contributed by atoms with Gasteiger partial charge in [-0.15, -0.1) is 0 Å². The molecule has 4 nitrogen and oxygen atoms in total. The van der Waals surface area contributed by atoms with Crippen molar-refractivity contribution >= 4 is 23.2 Å². The van der Waals surface area contributed by atoms with Gasteiger partial charge in [-0.25, -0.2) is 0 Å². The Labute approximate surface area is 141 Å². The minimum Gasteiger partial charge on any atom is -0.392 e. The first-order valence-electron chi connectivity index (χ1n) is 7.64. The van der Waals surface area contributed by atoms with Gasteiger partial charge in [0, 0.05) is 18.8 Å². The topological polar surface area (TPSA) is 61.4 Å². The van der Waals surface area contributed by atoms with Crippen LogP contribution in [0.1, 0.15) is 34.8 Å². The smallest absolute Gasteiger partial charge is 0.252 e. The van der Waals surface area contributed by atoms with Crippen molar-refractivity contribution in [2.45, 2.75) is 26.5 Å². The van der Waals surface area contributed by atoms with Crippen molar-refractivity contribution in [2.75, 3.05) is 11.9 Å². The Hall–Kier alpha value is -2.04. The van der Waals surface area contributed by atoms with Gasteiger partial charge in [0.15, 0.2) is 0 Å². The van der Waals surface area contributed by atoms with Crippen LogP contribution < -0.4 is 10.6 Å². The highest BCUT2D eigenvalue weighted by molar-refractivity contribution is 6.34. The van der Waals surface area contributed by atoms with Crippen LogP contribution in [0.5, 0.6) is 0 Å². The molecule has 0 saturated carbocycles. The number of carbonyl (C=O) groups excluding carboxylic acids is 1. The lowest BCUT2D eigenvalue weighted by molar-refractivity contribution is 0.0954. The number of carbonyl (C=O) groups is 1. The third-order valence-electron chi connectivity index (χ3n) is 3.45. The van der Waals surface area contributed by atoms with Crippen LogP contribution in [0.2, 0.25) is 5.02 Å². The fraction of sp³-hybridized carbons (Fsp3) is 0.278. The third kappa shape index (κ3) is 4.98. The highest BCUT2D eigenvalue weighted by Gasteiger charge is 2.10. The molecule has 23 heavy (non-hydrogen) atoms. The Bertz CT molecular complexity index is 657. The molecule has 0 saturated heterocycles. The molecule has 0 fully saturated rings. The summed E-state index contributed by atoms with van der Waals surface area (Å²) in [4.78, 5) is 11.9. The summed E-state index contributed by atoms with van der Waals surface area (Å²) in [6, 6.07) is 13.0. The molecule has 2 aromatic carbocycles. The molecule has 0 radical (unpaired) electrons. The number of nitrogens with one attached hydrogen (secondary N) is 2. The molecule has 0 aliphatic heterocycles. The third-order valence-corrected chi connectivity index (χ3v) is 3.76. The van der Waals surface area contributed by atoms with Gasteiger partial charge in [0.25, 0.3) is 5.91 Å². The monoisotopic (exact) mass is 332 g/mol. The van der Waals surface area contributed by atoms with E-state index in [0.29, 0.717) is 23.7 Å². The first kappa shape index (κ1) is 17.3. The van der Waals surface area contributed by atoms with E-state index in [-0.39, 0.29) is 12.5 Å². The Morgan fingerprint density at radius 1 is 1.13 bits per heavy atom. The van der Waals surface area contributed by atoms with Crippen molar-refractivity contribution in [3.63, 3.8) is 0 Å². The SMILES string of the molecule is CCCNC(=O)c1ccc(NCc2ccc(CO)cc2)cc1Cl. The summed E-state index contributed by atoms with van der Waals surface area (Å²) in [5, 5.41) is 15.5. The number of aliphatic hydroxyl groups is 1. The van der Waals surface area contributed by atoms with E-state index < -0.39 is 0 Å². The quantitative estimate of drug-likeness (QED) is 0.726. The summed E-state index contributed by atoms with van der Waals surface area (Å²) in [7, 11) is 0. The van der Waals surface area contributed by atoms with Crippen LogP contribution in [0.3, 0.4) is 0 Å². The van der Waals surface area contributed by atoms with Gasteiger partial charge in [-0.3, -0.25) is 4.79 Å². The van der Waals surface area contributed by atoms with E-state index in [4.69, 9.17) is 16.7 Å². The first-order chi connectivity index (χ1) is 11.1. The second-order valence-electron chi connectivity index (χ2n) is 5.28. The number of anilines is 1. The lowest BCUT2D eigenvalue weighted by Gasteiger charge is -2.10. The first-order valence-corrected chi connectivity index (χ1v) is 8.02.